The second kappa shape index (κ2) is 7.00. The molecule has 0 fully saturated rings. The lowest BCUT2D eigenvalue weighted by Gasteiger charge is -2.09. The van der Waals surface area contributed by atoms with E-state index in [0.717, 1.165) is 0 Å². The lowest BCUT2D eigenvalue weighted by atomic mass is 10.2. The smallest absolute Gasteiger partial charge is 0.261 e. The maximum absolute atomic E-state index is 11.9. The highest BCUT2D eigenvalue weighted by molar-refractivity contribution is 9.10. The summed E-state index contributed by atoms with van der Waals surface area (Å²) in [4.78, 5) is 26.1. The Bertz CT molecular complexity index is 556. The molecule has 0 bridgehead atoms. The number of hydrogen-bond donors (Lipinski definition) is 2. The van der Waals surface area contributed by atoms with Gasteiger partial charge in [0.15, 0.2) is 0 Å². The van der Waals surface area contributed by atoms with Crippen LogP contribution in [-0.2, 0) is 10.8 Å². The molecule has 0 unspecified atom stereocenters. The third kappa shape index (κ3) is 4.58. The highest BCUT2D eigenvalue weighted by Crippen LogP contribution is 2.12. The molecule has 0 saturated carbocycles. The fourth-order valence-electron chi connectivity index (χ4n) is 1.42. The largest absolute Gasteiger partial charge is 0.352 e. The molecule has 2 N–H and O–H groups in total. The van der Waals surface area contributed by atoms with E-state index in [1.54, 1.807) is 13.2 Å². The minimum atomic E-state index is -0.907. The van der Waals surface area contributed by atoms with Crippen molar-refractivity contribution in [1.82, 2.24) is 10.3 Å². The van der Waals surface area contributed by atoms with Gasteiger partial charge in [-0.2, -0.15) is 0 Å². The third-order valence-corrected chi connectivity index (χ3v) is 5.02. The highest BCUT2D eigenvalue weighted by Gasteiger charge is 2.13. The van der Waals surface area contributed by atoms with E-state index in [-0.39, 0.29) is 10.8 Å². The molecule has 0 radical (unpaired) electrons. The molecule has 0 aliphatic rings. The first kappa shape index (κ1) is 16.1. The summed E-state index contributed by atoms with van der Waals surface area (Å²) in [6.45, 7) is 3.99. The zero-order valence-corrected chi connectivity index (χ0v) is 13.5. The molecule has 7 heteroatoms. The lowest BCUT2D eigenvalue weighted by molar-refractivity contribution is 0.0951. The number of amides is 1. The van der Waals surface area contributed by atoms with Gasteiger partial charge in [0.2, 0.25) is 0 Å². The summed E-state index contributed by atoms with van der Waals surface area (Å²) in [7, 11) is -0.907. The molecule has 19 heavy (non-hydrogen) atoms. The van der Waals surface area contributed by atoms with Crippen LogP contribution in [0.1, 0.15) is 29.4 Å². The second-order valence-electron chi connectivity index (χ2n) is 4.34. The molecule has 0 saturated heterocycles. The van der Waals surface area contributed by atoms with Crippen LogP contribution >= 0.6 is 15.9 Å². The molecule has 5 nitrogen and oxygen atoms in total. The number of aromatic amines is 1. The van der Waals surface area contributed by atoms with Crippen LogP contribution in [0.4, 0.5) is 0 Å². The summed E-state index contributed by atoms with van der Waals surface area (Å²) in [5, 5.41) is 2.68. The molecule has 0 spiro atoms. The summed E-state index contributed by atoms with van der Waals surface area (Å²) in [6, 6.07) is 1.50. The number of pyridine rings is 1. The van der Waals surface area contributed by atoms with Crippen LogP contribution in [0.2, 0.25) is 0 Å². The number of carbonyl (C=O) groups excluding carboxylic acids is 1. The van der Waals surface area contributed by atoms with E-state index in [1.807, 2.05) is 6.92 Å². The Kier molecular flexibility index (Phi) is 5.93. The number of rotatable bonds is 5. The molecule has 1 heterocycles. The van der Waals surface area contributed by atoms with E-state index in [1.165, 1.54) is 6.07 Å². The first-order chi connectivity index (χ1) is 8.82. The van der Waals surface area contributed by atoms with Crippen LogP contribution in [0.15, 0.2) is 15.3 Å². The van der Waals surface area contributed by atoms with E-state index in [2.05, 4.69) is 26.2 Å². The Balaban J connectivity index is 2.67. The van der Waals surface area contributed by atoms with Gasteiger partial charge in [0.1, 0.15) is 5.56 Å². The lowest BCUT2D eigenvalue weighted by Crippen LogP contribution is -2.32. The van der Waals surface area contributed by atoms with Crippen LogP contribution in [0.25, 0.3) is 0 Å². The molecule has 106 valence electrons. The molecule has 1 rings (SSSR count). The summed E-state index contributed by atoms with van der Waals surface area (Å²) in [5.74, 6) is -0.420. The predicted molar refractivity (Wildman–Crippen MR) is 80.0 cm³/mol. The number of H-pyrrole nitrogens is 1. The van der Waals surface area contributed by atoms with Gasteiger partial charge in [0, 0.05) is 39.0 Å². The van der Waals surface area contributed by atoms with Gasteiger partial charge in [-0.15, -0.1) is 0 Å². The quantitative estimate of drug-likeness (QED) is 0.842. The minimum absolute atomic E-state index is 0.0170. The van der Waals surface area contributed by atoms with E-state index in [0.29, 0.717) is 23.1 Å². The molecule has 0 aliphatic carbocycles. The Morgan fingerprint density at radius 1 is 1.58 bits per heavy atom. The van der Waals surface area contributed by atoms with E-state index in [4.69, 9.17) is 0 Å². The van der Waals surface area contributed by atoms with Crippen molar-refractivity contribution in [2.24, 2.45) is 0 Å². The van der Waals surface area contributed by atoms with Crippen molar-refractivity contribution in [3.05, 3.63) is 32.2 Å². The Hall–Kier alpha value is -0.950. The molecule has 1 aromatic rings. The summed E-state index contributed by atoms with van der Waals surface area (Å²) < 4.78 is 11.8. The molecule has 0 aromatic carbocycles. The van der Waals surface area contributed by atoms with Gasteiger partial charge in [-0.25, -0.2) is 0 Å². The number of halogens is 1. The summed E-state index contributed by atoms with van der Waals surface area (Å²) >= 11 is 3.27. The van der Waals surface area contributed by atoms with Crippen molar-refractivity contribution in [1.29, 1.82) is 0 Å². The highest BCUT2D eigenvalue weighted by atomic mass is 79.9. The topological polar surface area (TPSA) is 79.0 Å². The van der Waals surface area contributed by atoms with Crippen LogP contribution in [-0.4, -0.2) is 33.2 Å². The van der Waals surface area contributed by atoms with Crippen LogP contribution in [0, 0.1) is 6.92 Å². The zero-order chi connectivity index (χ0) is 14.6. The SMILES string of the molecule is Cc1[nH]c(=O)c(C(=O)NCC[C@H](C)[S@](C)=O)cc1Br. The van der Waals surface area contributed by atoms with Gasteiger partial charge >= 0.3 is 0 Å². The number of aromatic nitrogens is 1. The Morgan fingerprint density at radius 3 is 2.79 bits per heavy atom. The zero-order valence-electron chi connectivity index (χ0n) is 11.1. The van der Waals surface area contributed by atoms with Gasteiger partial charge in [0.05, 0.1) is 0 Å². The molecular formula is C12H17BrN2O3S. The first-order valence-corrected chi connectivity index (χ1v) is 8.24. The molecule has 1 aromatic heterocycles. The monoisotopic (exact) mass is 348 g/mol. The number of carbonyl (C=O) groups is 1. The van der Waals surface area contributed by atoms with Crippen LogP contribution < -0.4 is 10.9 Å². The van der Waals surface area contributed by atoms with E-state index < -0.39 is 22.3 Å². The standard InChI is InChI=1S/C12H17BrN2O3S/c1-7(19(3)18)4-5-14-11(16)9-6-10(13)8(2)15-12(9)17/h6-7H,4-5H2,1-3H3,(H,14,16)(H,15,17)/t7-,19-/m0/s1. The number of aryl methyl sites for hydroxylation is 1. The molecule has 2 atom stereocenters. The van der Waals surface area contributed by atoms with Crippen LogP contribution in [0.3, 0.4) is 0 Å². The summed E-state index contributed by atoms with van der Waals surface area (Å²) in [6.07, 6.45) is 2.24. The van der Waals surface area contributed by atoms with Crippen molar-refractivity contribution in [2.75, 3.05) is 12.8 Å². The van der Waals surface area contributed by atoms with E-state index >= 15 is 0 Å². The summed E-state index contributed by atoms with van der Waals surface area (Å²) in [5.41, 5.74) is 0.338. The van der Waals surface area contributed by atoms with Crippen molar-refractivity contribution in [3.63, 3.8) is 0 Å². The molecule has 0 aliphatic heterocycles. The minimum Gasteiger partial charge on any atom is -0.352 e. The Morgan fingerprint density at radius 2 is 2.21 bits per heavy atom. The average Bonchev–Trinajstić information content (AvgIpc) is 2.33. The van der Waals surface area contributed by atoms with Crippen molar-refractivity contribution in [3.8, 4) is 0 Å². The second-order valence-corrected chi connectivity index (χ2v) is 7.00. The fraction of sp³-hybridized carbons (Fsp3) is 0.500. The van der Waals surface area contributed by atoms with Crippen LogP contribution in [0.5, 0.6) is 0 Å². The maximum Gasteiger partial charge on any atom is 0.261 e. The third-order valence-electron chi connectivity index (χ3n) is 2.82. The van der Waals surface area contributed by atoms with Crippen molar-refractivity contribution >= 4 is 32.6 Å². The number of nitrogens with one attached hydrogen (secondary N) is 2. The van der Waals surface area contributed by atoms with Gasteiger partial charge in [-0.05, 0) is 35.3 Å². The molecule has 1 amide bonds. The predicted octanol–water partition coefficient (Wildman–Crippen LogP) is 1.33. The van der Waals surface area contributed by atoms with Crippen molar-refractivity contribution < 1.29 is 9.00 Å². The number of hydrogen-bond acceptors (Lipinski definition) is 3. The average molecular weight is 349 g/mol. The van der Waals surface area contributed by atoms with Gasteiger partial charge in [0.25, 0.3) is 11.5 Å². The van der Waals surface area contributed by atoms with Gasteiger partial charge in [-0.1, -0.05) is 6.92 Å². The normalized spacial score (nSPS) is 13.9. The van der Waals surface area contributed by atoms with Gasteiger partial charge in [-0.3, -0.25) is 13.8 Å². The van der Waals surface area contributed by atoms with Gasteiger partial charge < -0.3 is 10.3 Å². The van der Waals surface area contributed by atoms with E-state index in [9.17, 15) is 13.8 Å². The maximum atomic E-state index is 11.9. The molecular weight excluding hydrogens is 332 g/mol. The van der Waals surface area contributed by atoms with Crippen molar-refractivity contribution in [2.45, 2.75) is 25.5 Å². The first-order valence-electron chi connectivity index (χ1n) is 5.82. The fourth-order valence-corrected chi connectivity index (χ4v) is 2.19. The Labute approximate surface area is 122 Å².